The first kappa shape index (κ1) is 14.5. The maximum Gasteiger partial charge on any atom is 0.350 e. The lowest BCUT2D eigenvalue weighted by Gasteiger charge is -2.26. The van der Waals surface area contributed by atoms with Gasteiger partial charge < -0.3 is 9.64 Å². The number of rotatable bonds is 3. The van der Waals surface area contributed by atoms with E-state index in [-0.39, 0.29) is 30.6 Å². The lowest BCUT2D eigenvalue weighted by molar-refractivity contribution is -0.136. The molecule has 1 aliphatic heterocycles. The lowest BCUT2D eigenvalue weighted by atomic mass is 10.3. The Kier molecular flexibility index (Phi) is 3.76. The van der Waals surface area contributed by atoms with Crippen LogP contribution in [0.1, 0.15) is 5.82 Å². The fourth-order valence-corrected chi connectivity index (χ4v) is 2.43. The van der Waals surface area contributed by atoms with E-state index in [1.54, 1.807) is 4.90 Å². The summed E-state index contributed by atoms with van der Waals surface area (Å²) in [6.07, 6.45) is 0. The van der Waals surface area contributed by atoms with E-state index < -0.39 is 0 Å². The monoisotopic (exact) mass is 306 g/mol. The van der Waals surface area contributed by atoms with E-state index in [1.807, 2.05) is 0 Å². The molecule has 0 bridgehead atoms. The quantitative estimate of drug-likeness (QED) is 0.810. The summed E-state index contributed by atoms with van der Waals surface area (Å²) in [7, 11) is 1.46. The Labute approximate surface area is 125 Å². The van der Waals surface area contributed by atoms with Gasteiger partial charge in [-0.25, -0.2) is 9.18 Å². The Morgan fingerprint density at radius 1 is 1.32 bits per heavy atom. The summed E-state index contributed by atoms with van der Waals surface area (Å²) in [4.78, 5) is 25.8. The van der Waals surface area contributed by atoms with E-state index in [4.69, 9.17) is 4.74 Å². The highest BCUT2D eigenvalue weighted by Gasteiger charge is 2.25. The highest BCUT2D eigenvalue weighted by Crippen LogP contribution is 2.11. The topological polar surface area (TPSA) is 69.4 Å². The summed E-state index contributed by atoms with van der Waals surface area (Å²) < 4.78 is 20.6. The number of hydrogen-bond donors (Lipinski definition) is 0. The summed E-state index contributed by atoms with van der Waals surface area (Å²) in [6.45, 7) is 1.07. The number of ether oxygens (including phenoxy) is 1. The molecule has 1 aliphatic rings. The van der Waals surface area contributed by atoms with Crippen molar-refractivity contribution in [3.8, 4) is 5.69 Å². The molecule has 3 rings (SSSR count). The Balaban J connectivity index is 1.91. The molecular weight excluding hydrogens is 291 g/mol. The molecule has 2 heterocycles. The number of benzene rings is 1. The first-order valence-electron chi connectivity index (χ1n) is 6.81. The van der Waals surface area contributed by atoms with Gasteiger partial charge in [0, 0.05) is 20.2 Å². The van der Waals surface area contributed by atoms with Crippen LogP contribution in [-0.4, -0.2) is 45.4 Å². The van der Waals surface area contributed by atoms with Gasteiger partial charge in [-0.3, -0.25) is 9.36 Å². The largest absolute Gasteiger partial charge is 0.375 e. The van der Waals surface area contributed by atoms with E-state index in [0.29, 0.717) is 24.6 Å². The van der Waals surface area contributed by atoms with Gasteiger partial charge in [-0.15, -0.1) is 5.10 Å². The van der Waals surface area contributed by atoms with Crippen LogP contribution in [0.3, 0.4) is 0 Å². The van der Waals surface area contributed by atoms with E-state index in [0.717, 1.165) is 0 Å². The van der Waals surface area contributed by atoms with Crippen molar-refractivity contribution in [2.24, 2.45) is 0 Å². The smallest absolute Gasteiger partial charge is 0.350 e. The molecular formula is C14H15FN4O3. The summed E-state index contributed by atoms with van der Waals surface area (Å²) in [6, 6.07) is 5.52. The Hall–Kier alpha value is -2.48. The minimum atomic E-state index is -0.378. The fourth-order valence-electron chi connectivity index (χ4n) is 2.43. The maximum absolute atomic E-state index is 13.0. The summed E-state index contributed by atoms with van der Waals surface area (Å²) in [5, 5.41) is 4.25. The van der Waals surface area contributed by atoms with Crippen molar-refractivity contribution in [3.63, 3.8) is 0 Å². The third-order valence-corrected chi connectivity index (χ3v) is 3.56. The second kappa shape index (κ2) is 5.72. The van der Waals surface area contributed by atoms with Crippen molar-refractivity contribution >= 4 is 5.91 Å². The molecule has 116 valence electrons. The number of amides is 1. The highest BCUT2D eigenvalue weighted by molar-refractivity contribution is 5.77. The van der Waals surface area contributed by atoms with Crippen molar-refractivity contribution in [3.05, 3.63) is 46.4 Å². The zero-order valence-corrected chi connectivity index (χ0v) is 12.0. The van der Waals surface area contributed by atoms with Crippen LogP contribution in [0, 0.1) is 5.82 Å². The van der Waals surface area contributed by atoms with Crippen LogP contribution in [0.4, 0.5) is 4.39 Å². The summed E-state index contributed by atoms with van der Waals surface area (Å²) in [5.74, 6) is -0.0142. The predicted molar refractivity (Wildman–Crippen MR) is 75.1 cm³/mol. The van der Waals surface area contributed by atoms with Crippen molar-refractivity contribution in [2.45, 2.75) is 13.1 Å². The van der Waals surface area contributed by atoms with Crippen LogP contribution in [0.15, 0.2) is 29.1 Å². The highest BCUT2D eigenvalue weighted by atomic mass is 19.1. The molecule has 2 aromatic rings. The molecule has 22 heavy (non-hydrogen) atoms. The van der Waals surface area contributed by atoms with Gasteiger partial charge in [0.1, 0.15) is 12.4 Å². The molecule has 0 aliphatic carbocycles. The zero-order valence-electron chi connectivity index (χ0n) is 12.0. The lowest BCUT2D eigenvalue weighted by Crippen LogP contribution is -2.42. The average Bonchev–Trinajstić information content (AvgIpc) is 2.85. The van der Waals surface area contributed by atoms with Gasteiger partial charge in [0.15, 0.2) is 5.82 Å². The Morgan fingerprint density at radius 3 is 2.73 bits per heavy atom. The molecule has 0 N–H and O–H groups in total. The van der Waals surface area contributed by atoms with E-state index in [9.17, 15) is 14.0 Å². The minimum absolute atomic E-state index is 0.00288. The van der Waals surface area contributed by atoms with Gasteiger partial charge in [0.25, 0.3) is 0 Å². The number of nitrogens with zero attached hydrogens (tertiary/aromatic N) is 4. The zero-order chi connectivity index (χ0) is 15.7. The molecule has 0 radical (unpaired) electrons. The maximum atomic E-state index is 13.0. The van der Waals surface area contributed by atoms with Crippen molar-refractivity contribution in [2.75, 3.05) is 20.3 Å². The van der Waals surface area contributed by atoms with Gasteiger partial charge in [-0.05, 0) is 24.3 Å². The van der Waals surface area contributed by atoms with E-state index in [2.05, 4.69) is 5.10 Å². The first-order valence-corrected chi connectivity index (χ1v) is 6.81. The molecule has 8 heteroatoms. The predicted octanol–water partition coefficient (Wildman–Crippen LogP) is 0.162. The first-order chi connectivity index (χ1) is 10.6. The van der Waals surface area contributed by atoms with Crippen LogP contribution in [0.2, 0.25) is 0 Å². The second-order valence-corrected chi connectivity index (χ2v) is 4.99. The normalized spacial score (nSPS) is 14.0. The molecule has 0 spiro atoms. The van der Waals surface area contributed by atoms with Crippen molar-refractivity contribution in [1.29, 1.82) is 0 Å². The Bertz CT molecular complexity index is 750. The van der Waals surface area contributed by atoms with Gasteiger partial charge in [0.2, 0.25) is 5.91 Å². The summed E-state index contributed by atoms with van der Waals surface area (Å²) >= 11 is 0. The van der Waals surface area contributed by atoms with E-state index in [1.165, 1.54) is 40.6 Å². The van der Waals surface area contributed by atoms with Crippen LogP contribution in [0.25, 0.3) is 5.69 Å². The van der Waals surface area contributed by atoms with Gasteiger partial charge >= 0.3 is 5.69 Å². The van der Waals surface area contributed by atoms with Gasteiger partial charge in [-0.2, -0.15) is 4.68 Å². The van der Waals surface area contributed by atoms with Crippen LogP contribution < -0.4 is 5.69 Å². The number of carbonyl (C=O) groups is 1. The molecule has 0 atom stereocenters. The van der Waals surface area contributed by atoms with Crippen LogP contribution >= 0.6 is 0 Å². The average molecular weight is 306 g/mol. The number of methoxy groups -OCH3 is 1. The molecule has 0 fully saturated rings. The second-order valence-electron chi connectivity index (χ2n) is 4.99. The third kappa shape index (κ3) is 2.52. The van der Waals surface area contributed by atoms with Crippen LogP contribution in [-0.2, 0) is 22.6 Å². The van der Waals surface area contributed by atoms with E-state index >= 15 is 0 Å². The SMILES string of the molecule is COCC(=O)N1CCn2c(nn(-c3ccc(F)cc3)c2=O)C1. The molecule has 0 unspecified atom stereocenters. The van der Waals surface area contributed by atoms with Crippen LogP contribution in [0.5, 0.6) is 0 Å². The minimum Gasteiger partial charge on any atom is -0.375 e. The number of halogens is 1. The van der Waals surface area contributed by atoms with Crippen molar-refractivity contribution in [1.82, 2.24) is 19.2 Å². The van der Waals surface area contributed by atoms with Crippen molar-refractivity contribution < 1.29 is 13.9 Å². The molecule has 1 aromatic heterocycles. The third-order valence-electron chi connectivity index (χ3n) is 3.56. The summed E-state index contributed by atoms with van der Waals surface area (Å²) in [5.41, 5.74) is 0.198. The van der Waals surface area contributed by atoms with Gasteiger partial charge in [0.05, 0.1) is 12.2 Å². The number of hydrogen-bond acceptors (Lipinski definition) is 4. The number of aromatic nitrogens is 3. The van der Waals surface area contributed by atoms with Gasteiger partial charge in [-0.1, -0.05) is 0 Å². The molecule has 1 aromatic carbocycles. The molecule has 7 nitrogen and oxygen atoms in total. The Morgan fingerprint density at radius 2 is 2.05 bits per heavy atom. The fraction of sp³-hybridized carbons (Fsp3) is 0.357. The number of fused-ring (bicyclic) bond motifs is 1. The molecule has 1 amide bonds. The standard InChI is InChI=1S/C14H15FN4O3/c1-22-9-13(20)17-6-7-18-12(8-17)16-19(14(18)21)11-4-2-10(15)3-5-11/h2-5H,6-9H2,1H3. The molecule has 0 saturated heterocycles. The number of carbonyl (C=O) groups excluding carboxylic acids is 1. The molecule has 0 saturated carbocycles.